The Labute approximate surface area is 196 Å². The molecule has 166 valence electrons. The number of thiazole rings is 1. The topological polar surface area (TPSA) is 90.0 Å². The van der Waals surface area contributed by atoms with E-state index in [1.54, 1.807) is 28.2 Å². The maximum atomic E-state index is 13.6. The van der Waals surface area contributed by atoms with Crippen molar-refractivity contribution in [1.82, 2.24) is 14.5 Å². The fourth-order valence-corrected chi connectivity index (χ4v) is 6.84. The molecular formula is C22H22N4O3S3. The summed E-state index contributed by atoms with van der Waals surface area (Å²) in [5.41, 5.74) is 1.97. The summed E-state index contributed by atoms with van der Waals surface area (Å²) in [6.45, 7) is 4.42. The van der Waals surface area contributed by atoms with Gasteiger partial charge in [0.2, 0.25) is 5.91 Å². The van der Waals surface area contributed by atoms with Crippen LogP contribution in [0.5, 0.6) is 0 Å². The van der Waals surface area contributed by atoms with E-state index in [0.29, 0.717) is 22.0 Å². The van der Waals surface area contributed by atoms with E-state index < -0.39 is 0 Å². The summed E-state index contributed by atoms with van der Waals surface area (Å²) in [6, 6.07) is 3.64. The van der Waals surface area contributed by atoms with Crippen LogP contribution in [0.2, 0.25) is 0 Å². The molecule has 1 amide bonds. The van der Waals surface area contributed by atoms with E-state index in [0.717, 1.165) is 40.7 Å². The Morgan fingerprint density at radius 1 is 1.41 bits per heavy atom. The minimum absolute atomic E-state index is 0.0584. The Morgan fingerprint density at radius 2 is 2.28 bits per heavy atom. The number of furan rings is 1. The zero-order valence-corrected chi connectivity index (χ0v) is 20.2. The molecule has 0 saturated heterocycles. The average Bonchev–Trinajstić information content (AvgIpc) is 3.48. The maximum absolute atomic E-state index is 13.6. The minimum Gasteiger partial charge on any atom is -0.467 e. The highest BCUT2D eigenvalue weighted by Crippen LogP contribution is 2.36. The van der Waals surface area contributed by atoms with Gasteiger partial charge in [0.15, 0.2) is 10.3 Å². The molecule has 1 aliphatic rings. The lowest BCUT2D eigenvalue weighted by Crippen LogP contribution is -2.25. The third-order valence-corrected chi connectivity index (χ3v) is 8.47. The van der Waals surface area contributed by atoms with Crippen LogP contribution in [-0.2, 0) is 24.2 Å². The van der Waals surface area contributed by atoms with Crippen molar-refractivity contribution in [2.45, 2.75) is 44.8 Å². The molecule has 4 heterocycles. The third kappa shape index (κ3) is 4.26. The quantitative estimate of drug-likeness (QED) is 0.313. The molecule has 5 rings (SSSR count). The number of thioether (sulfide) groups is 1. The van der Waals surface area contributed by atoms with Crippen LogP contribution in [0.1, 0.15) is 35.2 Å². The van der Waals surface area contributed by atoms with E-state index >= 15 is 0 Å². The first-order valence-corrected chi connectivity index (χ1v) is 13.1. The molecule has 0 spiro atoms. The normalized spacial score (nSPS) is 15.8. The average molecular weight is 487 g/mol. The van der Waals surface area contributed by atoms with Crippen molar-refractivity contribution >= 4 is 55.7 Å². The number of fused-ring (bicyclic) bond motifs is 3. The van der Waals surface area contributed by atoms with Gasteiger partial charge in [-0.15, -0.1) is 22.7 Å². The molecule has 1 aliphatic carbocycles. The standard InChI is InChI=1S/C22H22N4O3S3/c1-12-5-6-15-16(8-12)32-19-18(15)20(28)26(9-14-4-3-7-29-14)22(25-19)31-11-17(27)24-21-23-13(2)10-30-21/h3-4,7,10,12H,5-6,8-9,11H2,1-2H3,(H,23,24,27). The van der Waals surface area contributed by atoms with Gasteiger partial charge < -0.3 is 9.73 Å². The molecule has 0 fully saturated rings. The molecule has 7 nitrogen and oxygen atoms in total. The number of carbonyl (C=O) groups is 1. The molecule has 0 aliphatic heterocycles. The van der Waals surface area contributed by atoms with Gasteiger partial charge in [0.1, 0.15) is 10.6 Å². The SMILES string of the molecule is Cc1csc(NC(=O)CSc2nc3sc4c(c3c(=O)n2Cc2ccco2)CCC(C)C4)n1. The number of aryl methyl sites for hydroxylation is 2. The second kappa shape index (κ2) is 8.84. The van der Waals surface area contributed by atoms with Gasteiger partial charge in [-0.1, -0.05) is 18.7 Å². The van der Waals surface area contributed by atoms with Crippen molar-refractivity contribution in [1.29, 1.82) is 0 Å². The first-order valence-electron chi connectivity index (χ1n) is 10.4. The lowest BCUT2D eigenvalue weighted by Gasteiger charge is -2.17. The van der Waals surface area contributed by atoms with Gasteiger partial charge in [-0.2, -0.15) is 0 Å². The van der Waals surface area contributed by atoms with Crippen molar-refractivity contribution in [2.24, 2.45) is 5.92 Å². The van der Waals surface area contributed by atoms with Crippen LogP contribution in [0.3, 0.4) is 0 Å². The van der Waals surface area contributed by atoms with E-state index in [-0.39, 0.29) is 23.8 Å². The first kappa shape index (κ1) is 21.4. The zero-order valence-electron chi connectivity index (χ0n) is 17.7. The summed E-state index contributed by atoms with van der Waals surface area (Å²) in [5.74, 6) is 1.25. The van der Waals surface area contributed by atoms with Gasteiger partial charge >= 0.3 is 0 Å². The van der Waals surface area contributed by atoms with Crippen LogP contribution in [0.15, 0.2) is 38.1 Å². The van der Waals surface area contributed by atoms with Gasteiger partial charge in [-0.3, -0.25) is 14.2 Å². The number of nitrogens with one attached hydrogen (secondary N) is 1. The summed E-state index contributed by atoms with van der Waals surface area (Å²) >= 11 is 4.27. The number of anilines is 1. The number of rotatable bonds is 6. The largest absolute Gasteiger partial charge is 0.467 e. The summed E-state index contributed by atoms with van der Waals surface area (Å²) in [6.07, 6.45) is 4.59. The Balaban J connectivity index is 1.48. The van der Waals surface area contributed by atoms with Crippen LogP contribution in [0.4, 0.5) is 5.13 Å². The highest BCUT2D eigenvalue weighted by atomic mass is 32.2. The van der Waals surface area contributed by atoms with E-state index in [1.807, 2.05) is 18.4 Å². The molecule has 1 atom stereocenters. The number of amides is 1. The lowest BCUT2D eigenvalue weighted by molar-refractivity contribution is -0.113. The fourth-order valence-electron chi connectivity index (χ4n) is 3.91. The second-order valence-electron chi connectivity index (χ2n) is 8.03. The number of aromatic nitrogens is 3. The first-order chi connectivity index (χ1) is 15.5. The monoisotopic (exact) mass is 486 g/mol. The van der Waals surface area contributed by atoms with Crippen molar-refractivity contribution in [3.8, 4) is 0 Å². The number of thiophene rings is 1. The number of carbonyl (C=O) groups excluding carboxylic acids is 1. The molecular weight excluding hydrogens is 464 g/mol. The Morgan fingerprint density at radius 3 is 3.03 bits per heavy atom. The molecule has 1 N–H and O–H groups in total. The van der Waals surface area contributed by atoms with E-state index in [2.05, 4.69) is 17.2 Å². The number of nitrogens with zero attached hydrogens (tertiary/aromatic N) is 3. The van der Waals surface area contributed by atoms with Crippen LogP contribution in [0.25, 0.3) is 10.2 Å². The molecule has 4 aromatic heterocycles. The number of hydrogen-bond acceptors (Lipinski definition) is 8. The van der Waals surface area contributed by atoms with Crippen molar-refractivity contribution in [3.05, 3.63) is 56.0 Å². The van der Waals surface area contributed by atoms with Crippen molar-refractivity contribution in [3.63, 3.8) is 0 Å². The third-order valence-electron chi connectivity index (χ3n) is 5.47. The van der Waals surface area contributed by atoms with Gasteiger partial charge in [0.25, 0.3) is 5.56 Å². The van der Waals surface area contributed by atoms with E-state index in [1.165, 1.54) is 28.0 Å². The second-order valence-corrected chi connectivity index (χ2v) is 10.9. The van der Waals surface area contributed by atoms with Crippen LogP contribution in [-0.4, -0.2) is 26.2 Å². The lowest BCUT2D eigenvalue weighted by atomic mass is 9.89. The van der Waals surface area contributed by atoms with Gasteiger partial charge in [0.05, 0.1) is 29.6 Å². The minimum atomic E-state index is -0.178. The molecule has 0 aromatic carbocycles. The van der Waals surface area contributed by atoms with E-state index in [9.17, 15) is 9.59 Å². The highest BCUT2D eigenvalue weighted by molar-refractivity contribution is 7.99. The molecule has 4 aromatic rings. The van der Waals surface area contributed by atoms with Crippen LogP contribution >= 0.6 is 34.4 Å². The summed E-state index contributed by atoms with van der Waals surface area (Å²) in [5, 5.41) is 6.53. The molecule has 32 heavy (non-hydrogen) atoms. The zero-order chi connectivity index (χ0) is 22.2. The molecule has 0 saturated carbocycles. The van der Waals surface area contributed by atoms with Crippen molar-refractivity contribution in [2.75, 3.05) is 11.1 Å². The summed E-state index contributed by atoms with van der Waals surface area (Å²) < 4.78 is 7.13. The van der Waals surface area contributed by atoms with Crippen LogP contribution in [0, 0.1) is 12.8 Å². The predicted octanol–water partition coefficient (Wildman–Crippen LogP) is 4.72. The van der Waals surface area contributed by atoms with Gasteiger partial charge in [-0.05, 0) is 49.8 Å². The summed E-state index contributed by atoms with van der Waals surface area (Å²) in [7, 11) is 0. The highest BCUT2D eigenvalue weighted by Gasteiger charge is 2.25. The molecule has 0 radical (unpaired) electrons. The van der Waals surface area contributed by atoms with Crippen LogP contribution < -0.4 is 10.9 Å². The van der Waals surface area contributed by atoms with Gasteiger partial charge in [-0.25, -0.2) is 9.97 Å². The molecule has 1 unspecified atom stereocenters. The Bertz CT molecular complexity index is 1340. The Kier molecular flexibility index (Phi) is 5.92. The predicted molar refractivity (Wildman–Crippen MR) is 129 cm³/mol. The van der Waals surface area contributed by atoms with Crippen molar-refractivity contribution < 1.29 is 9.21 Å². The smallest absolute Gasteiger partial charge is 0.263 e. The van der Waals surface area contributed by atoms with E-state index in [4.69, 9.17) is 9.40 Å². The molecule has 0 bridgehead atoms. The number of hydrogen-bond donors (Lipinski definition) is 1. The maximum Gasteiger partial charge on any atom is 0.263 e. The summed E-state index contributed by atoms with van der Waals surface area (Å²) in [4.78, 5) is 37.2. The Hall–Kier alpha value is -2.43. The van der Waals surface area contributed by atoms with Gasteiger partial charge in [0, 0.05) is 10.3 Å². The fraction of sp³-hybridized carbons (Fsp3) is 0.364. The molecule has 10 heteroatoms.